The number of carbonyl (C=O) groups excluding carboxylic acids is 2. The van der Waals surface area contributed by atoms with Crippen LogP contribution in [0.5, 0.6) is 0 Å². The van der Waals surface area contributed by atoms with Crippen LogP contribution in [0.1, 0.15) is 15.9 Å². The molecule has 1 saturated heterocycles. The van der Waals surface area contributed by atoms with E-state index < -0.39 is 0 Å². The average molecular weight is 310 g/mol. The molecule has 6 nitrogen and oxygen atoms in total. The zero-order valence-corrected chi connectivity index (χ0v) is 12.9. The van der Waals surface area contributed by atoms with Crippen LogP contribution in [0, 0.1) is 6.92 Å². The molecule has 1 aliphatic rings. The quantitative estimate of drug-likeness (QED) is 0.911. The van der Waals surface area contributed by atoms with Crippen LogP contribution in [0.15, 0.2) is 42.6 Å². The normalized spacial score (nSPS) is 14.9. The zero-order valence-electron chi connectivity index (χ0n) is 12.9. The Morgan fingerprint density at radius 3 is 2.48 bits per heavy atom. The largest absolute Gasteiger partial charge is 0.384 e. The van der Waals surface area contributed by atoms with Gasteiger partial charge in [0.15, 0.2) is 0 Å². The third-order valence-electron chi connectivity index (χ3n) is 3.89. The lowest BCUT2D eigenvalue weighted by molar-refractivity contribution is -0.120. The van der Waals surface area contributed by atoms with Crippen molar-refractivity contribution in [2.45, 2.75) is 6.92 Å². The molecule has 2 amide bonds. The van der Waals surface area contributed by atoms with Gasteiger partial charge in [-0.3, -0.25) is 9.59 Å². The highest BCUT2D eigenvalue weighted by Crippen LogP contribution is 2.19. The van der Waals surface area contributed by atoms with E-state index in [9.17, 15) is 9.59 Å². The van der Waals surface area contributed by atoms with Gasteiger partial charge in [0.25, 0.3) is 5.91 Å². The van der Waals surface area contributed by atoms with Crippen LogP contribution >= 0.6 is 0 Å². The molecule has 1 aromatic heterocycles. The maximum absolute atomic E-state index is 12.4. The Labute approximate surface area is 134 Å². The molecule has 0 unspecified atom stereocenters. The van der Waals surface area contributed by atoms with Gasteiger partial charge in [0, 0.05) is 25.0 Å². The smallest absolute Gasteiger partial charge is 0.255 e. The van der Waals surface area contributed by atoms with Gasteiger partial charge in [-0.05, 0) is 31.2 Å². The number of anilines is 2. The van der Waals surface area contributed by atoms with E-state index in [0.29, 0.717) is 24.5 Å². The topological polar surface area (TPSA) is 79.5 Å². The van der Waals surface area contributed by atoms with Gasteiger partial charge in [0.1, 0.15) is 12.4 Å². The van der Waals surface area contributed by atoms with Crippen molar-refractivity contribution in [3.63, 3.8) is 0 Å². The molecule has 2 N–H and O–H groups in total. The predicted octanol–water partition coefficient (Wildman–Crippen LogP) is 1.46. The van der Waals surface area contributed by atoms with Crippen molar-refractivity contribution in [1.82, 2.24) is 9.88 Å². The Balaban J connectivity index is 1.70. The van der Waals surface area contributed by atoms with Crippen LogP contribution < -0.4 is 10.6 Å². The van der Waals surface area contributed by atoms with Gasteiger partial charge in [0.2, 0.25) is 5.91 Å². The first kappa shape index (κ1) is 15.0. The lowest BCUT2D eigenvalue weighted by Gasteiger charge is -2.34. The number of nitrogens with two attached hydrogens (primary N) is 1. The van der Waals surface area contributed by atoms with Crippen molar-refractivity contribution in [3.05, 3.63) is 53.7 Å². The first-order valence-corrected chi connectivity index (χ1v) is 7.42. The second-order valence-electron chi connectivity index (χ2n) is 5.58. The highest BCUT2D eigenvalue weighted by atomic mass is 16.2. The molecule has 3 rings (SSSR count). The lowest BCUT2D eigenvalue weighted by Crippen LogP contribution is -2.52. The first-order valence-electron chi connectivity index (χ1n) is 7.42. The summed E-state index contributed by atoms with van der Waals surface area (Å²) in [6.07, 6.45) is 1.44. The Kier molecular flexibility index (Phi) is 3.97. The zero-order chi connectivity index (χ0) is 16.4. The van der Waals surface area contributed by atoms with Crippen LogP contribution in [0.4, 0.5) is 11.5 Å². The number of aryl methyl sites for hydroxylation is 1. The molecule has 0 atom stereocenters. The van der Waals surface area contributed by atoms with E-state index >= 15 is 0 Å². The number of pyridine rings is 1. The van der Waals surface area contributed by atoms with Crippen molar-refractivity contribution in [2.75, 3.05) is 30.3 Å². The molecule has 0 saturated carbocycles. The number of benzene rings is 1. The second kappa shape index (κ2) is 6.08. The van der Waals surface area contributed by atoms with Gasteiger partial charge in [-0.15, -0.1) is 0 Å². The molecular formula is C17H18N4O2. The molecule has 6 heteroatoms. The Morgan fingerprint density at radius 1 is 1.13 bits per heavy atom. The molecular weight excluding hydrogens is 292 g/mol. The van der Waals surface area contributed by atoms with Crippen molar-refractivity contribution in [2.24, 2.45) is 0 Å². The number of aromatic nitrogens is 1. The third-order valence-corrected chi connectivity index (χ3v) is 3.89. The number of amides is 2. The summed E-state index contributed by atoms with van der Waals surface area (Å²) in [6, 6.07) is 11.0. The minimum Gasteiger partial charge on any atom is -0.384 e. The standard InChI is InChI=1S/C17H18N4O2/c1-12-2-5-14(6-3-12)21-9-8-20(11-16(21)22)17(23)13-4-7-15(18)19-10-13/h2-7,10H,8-9,11H2,1H3,(H2,18,19). The summed E-state index contributed by atoms with van der Waals surface area (Å²) >= 11 is 0. The monoisotopic (exact) mass is 310 g/mol. The predicted molar refractivity (Wildman–Crippen MR) is 88.1 cm³/mol. The summed E-state index contributed by atoms with van der Waals surface area (Å²) in [6.45, 7) is 3.04. The number of piperazine rings is 1. The molecule has 0 bridgehead atoms. The molecule has 0 aliphatic carbocycles. The molecule has 0 radical (unpaired) electrons. The molecule has 0 spiro atoms. The highest BCUT2D eigenvalue weighted by Gasteiger charge is 2.28. The fourth-order valence-corrected chi connectivity index (χ4v) is 2.56. The summed E-state index contributed by atoms with van der Waals surface area (Å²) in [5.74, 6) is 0.0769. The fourth-order valence-electron chi connectivity index (χ4n) is 2.56. The van der Waals surface area contributed by atoms with E-state index in [1.165, 1.54) is 6.20 Å². The minimum atomic E-state index is -0.200. The van der Waals surface area contributed by atoms with Crippen LogP contribution in [-0.2, 0) is 4.79 Å². The maximum Gasteiger partial charge on any atom is 0.255 e. The molecule has 2 heterocycles. The lowest BCUT2D eigenvalue weighted by atomic mass is 10.1. The Morgan fingerprint density at radius 2 is 1.87 bits per heavy atom. The van der Waals surface area contributed by atoms with E-state index in [1.807, 2.05) is 31.2 Å². The number of hydrogen-bond acceptors (Lipinski definition) is 4. The highest BCUT2D eigenvalue weighted by molar-refractivity contribution is 6.01. The van der Waals surface area contributed by atoms with Crippen LogP contribution in [-0.4, -0.2) is 41.3 Å². The maximum atomic E-state index is 12.4. The van der Waals surface area contributed by atoms with Crippen molar-refractivity contribution < 1.29 is 9.59 Å². The first-order chi connectivity index (χ1) is 11.0. The average Bonchev–Trinajstić information content (AvgIpc) is 2.56. The SMILES string of the molecule is Cc1ccc(N2CCN(C(=O)c3ccc(N)nc3)CC2=O)cc1. The van der Waals surface area contributed by atoms with Crippen LogP contribution in [0.3, 0.4) is 0 Å². The van der Waals surface area contributed by atoms with Gasteiger partial charge < -0.3 is 15.5 Å². The van der Waals surface area contributed by atoms with E-state index in [0.717, 1.165) is 11.3 Å². The Hall–Kier alpha value is -2.89. The van der Waals surface area contributed by atoms with Gasteiger partial charge in [0.05, 0.1) is 5.56 Å². The summed E-state index contributed by atoms with van der Waals surface area (Å²) < 4.78 is 0. The van der Waals surface area contributed by atoms with Gasteiger partial charge in [-0.2, -0.15) is 0 Å². The minimum absolute atomic E-state index is 0.0666. The molecule has 1 aliphatic heterocycles. The fraction of sp³-hybridized carbons (Fsp3) is 0.235. The number of hydrogen-bond donors (Lipinski definition) is 1. The van der Waals surface area contributed by atoms with E-state index in [2.05, 4.69) is 4.98 Å². The number of nitrogens with zero attached hydrogens (tertiary/aromatic N) is 3. The molecule has 1 fully saturated rings. The summed E-state index contributed by atoms with van der Waals surface area (Å²) in [7, 11) is 0. The van der Waals surface area contributed by atoms with Crippen molar-refractivity contribution >= 4 is 23.3 Å². The van der Waals surface area contributed by atoms with E-state index in [1.54, 1.807) is 21.9 Å². The van der Waals surface area contributed by atoms with E-state index in [-0.39, 0.29) is 18.4 Å². The number of rotatable bonds is 2. The molecule has 118 valence electrons. The molecule has 2 aromatic rings. The van der Waals surface area contributed by atoms with Crippen LogP contribution in [0.25, 0.3) is 0 Å². The van der Waals surface area contributed by atoms with Crippen molar-refractivity contribution in [1.29, 1.82) is 0 Å². The number of carbonyl (C=O) groups is 2. The summed E-state index contributed by atoms with van der Waals surface area (Å²) in [5.41, 5.74) is 7.97. The third kappa shape index (κ3) is 3.15. The van der Waals surface area contributed by atoms with Gasteiger partial charge in [-0.1, -0.05) is 17.7 Å². The van der Waals surface area contributed by atoms with Gasteiger partial charge in [-0.25, -0.2) is 4.98 Å². The Bertz CT molecular complexity index is 725. The summed E-state index contributed by atoms with van der Waals surface area (Å²) in [5, 5.41) is 0. The number of nitrogen functional groups attached to an aromatic ring is 1. The summed E-state index contributed by atoms with van der Waals surface area (Å²) in [4.78, 5) is 32.0. The van der Waals surface area contributed by atoms with Gasteiger partial charge >= 0.3 is 0 Å². The van der Waals surface area contributed by atoms with Crippen molar-refractivity contribution in [3.8, 4) is 0 Å². The molecule has 23 heavy (non-hydrogen) atoms. The van der Waals surface area contributed by atoms with Crippen LogP contribution in [0.2, 0.25) is 0 Å². The second-order valence-corrected chi connectivity index (χ2v) is 5.58. The van der Waals surface area contributed by atoms with E-state index in [4.69, 9.17) is 5.73 Å². The molecule has 1 aromatic carbocycles.